The zero-order valence-electron chi connectivity index (χ0n) is 12.8. The van der Waals surface area contributed by atoms with Crippen molar-refractivity contribution in [3.63, 3.8) is 0 Å². The van der Waals surface area contributed by atoms with Gasteiger partial charge >= 0.3 is 0 Å². The minimum atomic E-state index is 0.117. The molecule has 0 aromatic rings. The van der Waals surface area contributed by atoms with Crippen LogP contribution in [0.25, 0.3) is 0 Å². The summed E-state index contributed by atoms with van der Waals surface area (Å²) in [4.78, 5) is 13.7. The molecule has 0 spiro atoms. The first-order valence-corrected chi connectivity index (χ1v) is 7.78. The summed E-state index contributed by atoms with van der Waals surface area (Å²) in [5.74, 6) is 0.117. The van der Waals surface area contributed by atoms with E-state index >= 15 is 0 Å². The van der Waals surface area contributed by atoms with Gasteiger partial charge in [0, 0.05) is 39.4 Å². The van der Waals surface area contributed by atoms with Gasteiger partial charge in [-0.2, -0.15) is 0 Å². The molecule has 5 nitrogen and oxygen atoms in total. The summed E-state index contributed by atoms with van der Waals surface area (Å²) in [6.07, 6.45) is 7.32. The Bertz CT molecular complexity index is 295. The quantitative estimate of drug-likeness (QED) is 0.823. The number of ether oxygens (including phenoxy) is 2. The van der Waals surface area contributed by atoms with E-state index in [4.69, 9.17) is 9.47 Å². The highest BCUT2D eigenvalue weighted by atomic mass is 16.5. The molecule has 2 aliphatic rings. The number of rotatable bonds is 5. The lowest BCUT2D eigenvalue weighted by Crippen LogP contribution is -2.49. The molecule has 0 radical (unpaired) electrons. The first-order valence-electron chi connectivity index (χ1n) is 7.78. The van der Waals surface area contributed by atoms with Crippen molar-refractivity contribution in [2.75, 3.05) is 33.9 Å². The molecule has 5 heteroatoms. The summed E-state index contributed by atoms with van der Waals surface area (Å²) in [7, 11) is 3.38. The number of carbonyl (C=O) groups excluding carboxylic acids is 1. The zero-order valence-corrected chi connectivity index (χ0v) is 12.8. The van der Waals surface area contributed by atoms with E-state index in [1.807, 2.05) is 12.0 Å². The van der Waals surface area contributed by atoms with Gasteiger partial charge < -0.3 is 19.7 Å². The molecule has 20 heavy (non-hydrogen) atoms. The fourth-order valence-electron chi connectivity index (χ4n) is 3.31. The molecule has 1 aliphatic heterocycles. The highest BCUT2D eigenvalue weighted by molar-refractivity contribution is 5.77. The molecule has 116 valence electrons. The Kier molecular flexibility index (Phi) is 6.26. The van der Waals surface area contributed by atoms with Crippen molar-refractivity contribution in [1.29, 1.82) is 0 Å². The molecule has 1 N–H and O–H groups in total. The van der Waals surface area contributed by atoms with Crippen LogP contribution in [0.4, 0.5) is 0 Å². The van der Waals surface area contributed by atoms with Crippen LogP contribution in [0, 0.1) is 0 Å². The Morgan fingerprint density at radius 3 is 2.20 bits per heavy atom. The van der Waals surface area contributed by atoms with Crippen LogP contribution in [0.1, 0.15) is 38.5 Å². The summed E-state index contributed by atoms with van der Waals surface area (Å²) in [6, 6.07) is 1.19. The Balaban J connectivity index is 1.66. The van der Waals surface area contributed by atoms with E-state index in [9.17, 15) is 4.79 Å². The molecule has 1 saturated carbocycles. The van der Waals surface area contributed by atoms with Gasteiger partial charge in [0.1, 0.15) is 6.61 Å². The molecule has 0 aromatic heterocycles. The number of carbonyl (C=O) groups is 1. The maximum Gasteiger partial charge on any atom is 0.248 e. The molecule has 1 saturated heterocycles. The lowest BCUT2D eigenvalue weighted by molar-refractivity contribution is -0.136. The van der Waals surface area contributed by atoms with Gasteiger partial charge in [0.05, 0.1) is 6.10 Å². The summed E-state index contributed by atoms with van der Waals surface area (Å²) in [6.45, 7) is 1.92. The van der Waals surface area contributed by atoms with E-state index in [1.54, 1.807) is 7.11 Å². The van der Waals surface area contributed by atoms with Gasteiger partial charge in [-0.1, -0.05) is 0 Å². The second-order valence-corrected chi connectivity index (χ2v) is 5.96. The number of amides is 1. The average molecular weight is 284 g/mol. The van der Waals surface area contributed by atoms with Crippen LogP contribution in [0.5, 0.6) is 0 Å². The van der Waals surface area contributed by atoms with Crippen LogP contribution >= 0.6 is 0 Å². The van der Waals surface area contributed by atoms with E-state index < -0.39 is 0 Å². The number of nitrogens with zero attached hydrogens (tertiary/aromatic N) is 1. The highest BCUT2D eigenvalue weighted by Gasteiger charge is 2.26. The number of nitrogens with one attached hydrogen (secondary N) is 1. The molecule has 1 heterocycles. The molecule has 1 aliphatic carbocycles. The third kappa shape index (κ3) is 4.43. The van der Waals surface area contributed by atoms with Crippen molar-refractivity contribution in [3.8, 4) is 0 Å². The second kappa shape index (κ2) is 7.96. The van der Waals surface area contributed by atoms with Gasteiger partial charge in [0.15, 0.2) is 0 Å². The van der Waals surface area contributed by atoms with Gasteiger partial charge in [0.25, 0.3) is 0 Å². The van der Waals surface area contributed by atoms with Crippen LogP contribution in [0.15, 0.2) is 0 Å². The minimum absolute atomic E-state index is 0.117. The summed E-state index contributed by atoms with van der Waals surface area (Å²) in [5.41, 5.74) is 0. The van der Waals surface area contributed by atoms with Crippen molar-refractivity contribution < 1.29 is 14.3 Å². The Hall–Kier alpha value is -0.650. The third-order valence-corrected chi connectivity index (χ3v) is 4.59. The van der Waals surface area contributed by atoms with Crippen LogP contribution in [-0.2, 0) is 14.3 Å². The Morgan fingerprint density at radius 2 is 1.65 bits per heavy atom. The number of hydrogen-bond acceptors (Lipinski definition) is 4. The van der Waals surface area contributed by atoms with Crippen LogP contribution in [-0.4, -0.2) is 62.9 Å². The molecule has 1 amide bonds. The first kappa shape index (κ1) is 15.7. The molecular weight excluding hydrogens is 256 g/mol. The fourth-order valence-corrected chi connectivity index (χ4v) is 3.31. The molecule has 2 rings (SSSR count). The van der Waals surface area contributed by atoms with E-state index in [2.05, 4.69) is 5.32 Å². The predicted molar refractivity (Wildman–Crippen MR) is 77.7 cm³/mol. The molecule has 2 fully saturated rings. The van der Waals surface area contributed by atoms with Crippen molar-refractivity contribution in [2.45, 2.75) is 56.7 Å². The number of hydrogen-bond donors (Lipinski definition) is 1. The number of methoxy groups -OCH3 is 2. The Morgan fingerprint density at radius 1 is 1.05 bits per heavy atom. The third-order valence-electron chi connectivity index (χ3n) is 4.59. The number of piperidine rings is 1. The van der Waals surface area contributed by atoms with E-state index in [0.29, 0.717) is 18.2 Å². The SMILES string of the molecule is COCC(=O)N1CCC(NC2CCC(OC)CC2)CC1. The summed E-state index contributed by atoms with van der Waals surface area (Å²) in [5, 5.41) is 3.77. The van der Waals surface area contributed by atoms with Crippen LogP contribution < -0.4 is 5.32 Å². The van der Waals surface area contributed by atoms with Gasteiger partial charge in [-0.25, -0.2) is 0 Å². The maximum absolute atomic E-state index is 11.7. The first-order chi connectivity index (χ1) is 9.72. The fraction of sp³-hybridized carbons (Fsp3) is 0.933. The van der Waals surface area contributed by atoms with E-state index in [0.717, 1.165) is 25.9 Å². The maximum atomic E-state index is 11.7. The van der Waals surface area contributed by atoms with Gasteiger partial charge in [-0.3, -0.25) is 4.79 Å². The van der Waals surface area contributed by atoms with Gasteiger partial charge in [0.2, 0.25) is 5.91 Å². The topological polar surface area (TPSA) is 50.8 Å². The largest absolute Gasteiger partial charge is 0.381 e. The van der Waals surface area contributed by atoms with Gasteiger partial charge in [-0.15, -0.1) is 0 Å². The van der Waals surface area contributed by atoms with Crippen LogP contribution in [0.2, 0.25) is 0 Å². The monoisotopic (exact) mass is 284 g/mol. The van der Waals surface area contributed by atoms with Crippen molar-refractivity contribution in [3.05, 3.63) is 0 Å². The van der Waals surface area contributed by atoms with Gasteiger partial charge in [-0.05, 0) is 38.5 Å². The lowest BCUT2D eigenvalue weighted by Gasteiger charge is -2.36. The predicted octanol–water partition coefficient (Wildman–Crippen LogP) is 1.17. The standard InChI is InChI=1S/C15H28N2O3/c1-19-11-15(18)17-9-7-13(8-10-17)16-12-3-5-14(20-2)6-4-12/h12-14,16H,3-11H2,1-2H3. The average Bonchev–Trinajstić information content (AvgIpc) is 2.49. The van der Waals surface area contributed by atoms with Crippen LogP contribution in [0.3, 0.4) is 0 Å². The van der Waals surface area contributed by atoms with E-state index in [-0.39, 0.29) is 12.5 Å². The molecule has 0 unspecified atom stereocenters. The summed E-state index contributed by atoms with van der Waals surface area (Å²) < 4.78 is 10.3. The molecule has 0 atom stereocenters. The molecular formula is C15H28N2O3. The lowest BCUT2D eigenvalue weighted by atomic mass is 9.91. The zero-order chi connectivity index (χ0) is 14.4. The summed E-state index contributed by atoms with van der Waals surface area (Å²) >= 11 is 0. The normalized spacial score (nSPS) is 28.6. The molecule has 0 bridgehead atoms. The minimum Gasteiger partial charge on any atom is -0.381 e. The van der Waals surface area contributed by atoms with Crippen molar-refractivity contribution in [2.24, 2.45) is 0 Å². The van der Waals surface area contributed by atoms with Crippen molar-refractivity contribution in [1.82, 2.24) is 10.2 Å². The van der Waals surface area contributed by atoms with Crippen molar-refractivity contribution >= 4 is 5.91 Å². The Labute approximate surface area is 122 Å². The smallest absolute Gasteiger partial charge is 0.248 e. The number of likely N-dealkylation sites (tertiary alicyclic amines) is 1. The highest BCUT2D eigenvalue weighted by Crippen LogP contribution is 2.22. The molecule has 0 aromatic carbocycles. The second-order valence-electron chi connectivity index (χ2n) is 5.96. The van der Waals surface area contributed by atoms with E-state index in [1.165, 1.54) is 25.7 Å².